The lowest BCUT2D eigenvalue weighted by atomic mass is 10.2. The average Bonchev–Trinajstić information content (AvgIpc) is 3.22. The molecule has 3 aromatic carbocycles. The van der Waals surface area contributed by atoms with E-state index in [1.807, 2.05) is 66.0 Å². The topological polar surface area (TPSA) is 114 Å². The van der Waals surface area contributed by atoms with Gasteiger partial charge in [0.2, 0.25) is 11.9 Å². The zero-order valence-electron chi connectivity index (χ0n) is 21.5. The van der Waals surface area contributed by atoms with Gasteiger partial charge in [0, 0.05) is 49.3 Å². The van der Waals surface area contributed by atoms with Crippen molar-refractivity contribution < 1.29 is 12.6 Å². The van der Waals surface area contributed by atoms with E-state index in [1.54, 1.807) is 36.5 Å². The Morgan fingerprint density at radius 1 is 1.03 bits per heavy atom. The van der Waals surface area contributed by atoms with Crippen LogP contribution in [0.2, 0.25) is 5.02 Å². The highest BCUT2D eigenvalue weighted by molar-refractivity contribution is 7.86. The summed E-state index contributed by atoms with van der Waals surface area (Å²) in [6.45, 7) is 0.626. The summed E-state index contributed by atoms with van der Waals surface area (Å²) in [6.07, 6.45) is 2.65. The van der Waals surface area contributed by atoms with Gasteiger partial charge >= 0.3 is 10.1 Å². The van der Waals surface area contributed by atoms with Crippen LogP contribution in [0.4, 0.5) is 29.1 Å². The third-order valence-corrected chi connectivity index (χ3v) is 6.69. The molecule has 2 N–H and O–H groups in total. The second-order valence-corrected chi connectivity index (χ2v) is 10.9. The van der Waals surface area contributed by atoms with E-state index in [0.717, 1.165) is 34.5 Å². The Morgan fingerprint density at radius 2 is 1.82 bits per heavy atom. The van der Waals surface area contributed by atoms with Crippen molar-refractivity contribution in [3.63, 3.8) is 0 Å². The Bertz CT molecular complexity index is 1740. The molecule has 10 nitrogen and oxygen atoms in total. The van der Waals surface area contributed by atoms with Crippen LogP contribution in [-0.4, -0.2) is 41.2 Å². The number of benzene rings is 3. The molecule has 5 rings (SSSR count). The quantitative estimate of drug-likeness (QED) is 0.225. The minimum atomic E-state index is -3.63. The highest BCUT2D eigenvalue weighted by Crippen LogP contribution is 2.28. The monoisotopic (exact) mass is 563 g/mol. The fourth-order valence-corrected chi connectivity index (χ4v) is 4.58. The molecule has 0 amide bonds. The van der Waals surface area contributed by atoms with E-state index in [2.05, 4.69) is 20.6 Å². The van der Waals surface area contributed by atoms with Crippen LogP contribution in [-0.2, 0) is 23.7 Å². The van der Waals surface area contributed by atoms with Gasteiger partial charge in [-0.05, 0) is 54.1 Å². The first-order valence-corrected chi connectivity index (χ1v) is 14.1. The molecule has 0 radical (unpaired) electrons. The first-order chi connectivity index (χ1) is 18.6. The Kier molecular flexibility index (Phi) is 7.27. The summed E-state index contributed by atoms with van der Waals surface area (Å²) in [5.41, 5.74) is 4.43. The lowest BCUT2D eigenvalue weighted by Gasteiger charge is -2.19. The summed E-state index contributed by atoms with van der Waals surface area (Å²) in [4.78, 5) is 15.6. The van der Waals surface area contributed by atoms with E-state index in [4.69, 9.17) is 20.8 Å². The molecule has 39 heavy (non-hydrogen) atoms. The second-order valence-electron chi connectivity index (χ2n) is 8.89. The standard InChI is InChI=1S/C27H26ClN7O3S/c1-34(25-13-14-29-26(33-25)31-20-5-4-6-22(15-20)38-39(3,36)37)21-11-12-24-23(16-21)32-27(35(24)2)30-17-18-7-9-19(28)10-8-18/h4-16H,17H2,1-3H3,(H,30,32)(H,29,31,33). The third kappa shape index (κ3) is 6.39. The number of fused-ring (bicyclic) bond motifs is 1. The molecule has 200 valence electrons. The highest BCUT2D eigenvalue weighted by atomic mass is 35.5. The summed E-state index contributed by atoms with van der Waals surface area (Å²) >= 11 is 5.99. The maximum atomic E-state index is 11.4. The summed E-state index contributed by atoms with van der Waals surface area (Å²) in [5, 5.41) is 7.19. The number of imidazole rings is 1. The summed E-state index contributed by atoms with van der Waals surface area (Å²) in [7, 11) is 0.256. The number of rotatable bonds is 9. The van der Waals surface area contributed by atoms with Crippen LogP contribution in [0, 0.1) is 0 Å². The SMILES string of the molecule is CN(c1ccc2c(c1)nc(NCc1ccc(Cl)cc1)n2C)c1ccnc(Nc2cccc(OS(C)(=O)=O)c2)n1. The van der Waals surface area contributed by atoms with E-state index in [1.165, 1.54) is 0 Å². The molecular weight excluding hydrogens is 538 g/mol. The van der Waals surface area contributed by atoms with Gasteiger partial charge in [0.05, 0.1) is 17.3 Å². The molecule has 12 heteroatoms. The average molecular weight is 564 g/mol. The normalized spacial score (nSPS) is 11.4. The molecule has 5 aromatic rings. The van der Waals surface area contributed by atoms with Crippen molar-refractivity contribution in [3.05, 3.63) is 89.6 Å². The van der Waals surface area contributed by atoms with E-state index in [-0.39, 0.29) is 5.75 Å². The maximum Gasteiger partial charge on any atom is 0.306 e. The van der Waals surface area contributed by atoms with Crippen LogP contribution in [0.25, 0.3) is 11.0 Å². The predicted octanol–water partition coefficient (Wildman–Crippen LogP) is 5.48. The van der Waals surface area contributed by atoms with Crippen LogP contribution < -0.4 is 19.7 Å². The molecule has 0 unspecified atom stereocenters. The van der Waals surface area contributed by atoms with Crippen LogP contribution in [0.15, 0.2) is 79.0 Å². The summed E-state index contributed by atoms with van der Waals surface area (Å²) in [5.74, 6) is 1.97. The van der Waals surface area contributed by atoms with Crippen molar-refractivity contribution in [3.8, 4) is 5.75 Å². The minimum absolute atomic E-state index is 0.196. The lowest BCUT2D eigenvalue weighted by Crippen LogP contribution is -2.12. The molecular formula is C27H26ClN7O3S. The van der Waals surface area contributed by atoms with Gasteiger partial charge in [-0.3, -0.25) is 0 Å². The molecule has 0 fully saturated rings. The van der Waals surface area contributed by atoms with Crippen LogP contribution in [0.5, 0.6) is 5.75 Å². The molecule has 0 saturated carbocycles. The molecule has 0 aliphatic rings. The predicted molar refractivity (Wildman–Crippen MR) is 155 cm³/mol. The fourth-order valence-electron chi connectivity index (χ4n) is 4.00. The Morgan fingerprint density at radius 3 is 2.59 bits per heavy atom. The van der Waals surface area contributed by atoms with Crippen LogP contribution >= 0.6 is 11.6 Å². The largest absolute Gasteiger partial charge is 0.383 e. The first-order valence-electron chi connectivity index (χ1n) is 11.9. The van der Waals surface area contributed by atoms with E-state index < -0.39 is 10.1 Å². The van der Waals surface area contributed by atoms with Crippen molar-refractivity contribution in [2.24, 2.45) is 7.05 Å². The van der Waals surface area contributed by atoms with Gasteiger partial charge in [-0.25, -0.2) is 9.97 Å². The summed E-state index contributed by atoms with van der Waals surface area (Å²) < 4.78 is 29.9. The van der Waals surface area contributed by atoms with E-state index >= 15 is 0 Å². The molecule has 0 spiro atoms. The molecule has 0 aliphatic carbocycles. The van der Waals surface area contributed by atoms with Gasteiger partial charge in [-0.15, -0.1) is 0 Å². The maximum absolute atomic E-state index is 11.4. The van der Waals surface area contributed by atoms with Crippen molar-refractivity contribution in [1.82, 2.24) is 19.5 Å². The van der Waals surface area contributed by atoms with Crippen molar-refractivity contribution >= 4 is 61.8 Å². The van der Waals surface area contributed by atoms with Crippen molar-refractivity contribution in [2.75, 3.05) is 28.8 Å². The zero-order chi connectivity index (χ0) is 27.6. The number of nitrogens with zero attached hydrogens (tertiary/aromatic N) is 5. The highest BCUT2D eigenvalue weighted by Gasteiger charge is 2.13. The van der Waals surface area contributed by atoms with E-state index in [9.17, 15) is 8.42 Å². The van der Waals surface area contributed by atoms with Gasteiger partial charge < -0.3 is 24.3 Å². The van der Waals surface area contributed by atoms with Gasteiger partial charge in [0.15, 0.2) is 0 Å². The van der Waals surface area contributed by atoms with Crippen molar-refractivity contribution in [2.45, 2.75) is 6.54 Å². The molecule has 2 heterocycles. The third-order valence-electron chi connectivity index (χ3n) is 5.94. The fraction of sp³-hybridized carbons (Fsp3) is 0.148. The zero-order valence-corrected chi connectivity index (χ0v) is 23.0. The number of halogens is 1. The second kappa shape index (κ2) is 10.8. The Labute approximate surface area is 231 Å². The Hall–Kier alpha value is -4.35. The molecule has 2 aromatic heterocycles. The minimum Gasteiger partial charge on any atom is -0.383 e. The molecule has 0 aliphatic heterocycles. The molecule has 0 atom stereocenters. The number of hydrogen-bond donors (Lipinski definition) is 2. The number of nitrogens with one attached hydrogen (secondary N) is 2. The molecule has 0 bridgehead atoms. The van der Waals surface area contributed by atoms with Gasteiger partial charge in [-0.1, -0.05) is 29.8 Å². The van der Waals surface area contributed by atoms with Crippen LogP contribution in [0.3, 0.4) is 0 Å². The van der Waals surface area contributed by atoms with Gasteiger partial charge in [0.1, 0.15) is 11.6 Å². The smallest absolute Gasteiger partial charge is 0.306 e. The number of aryl methyl sites for hydroxylation is 1. The number of aromatic nitrogens is 4. The van der Waals surface area contributed by atoms with E-state index in [0.29, 0.717) is 29.0 Å². The van der Waals surface area contributed by atoms with Crippen molar-refractivity contribution in [1.29, 1.82) is 0 Å². The molecule has 0 saturated heterocycles. The van der Waals surface area contributed by atoms with Gasteiger partial charge in [-0.2, -0.15) is 13.4 Å². The lowest BCUT2D eigenvalue weighted by molar-refractivity contribution is 0.493. The number of anilines is 5. The van der Waals surface area contributed by atoms with Gasteiger partial charge in [0.25, 0.3) is 0 Å². The van der Waals surface area contributed by atoms with Crippen LogP contribution in [0.1, 0.15) is 5.56 Å². The summed E-state index contributed by atoms with van der Waals surface area (Å²) in [6, 6.07) is 22.1. The Balaban J connectivity index is 1.33. The number of hydrogen-bond acceptors (Lipinski definition) is 9. The first kappa shape index (κ1) is 26.3.